The quantitative estimate of drug-likeness (QED) is 0.631. The second-order valence-electron chi connectivity index (χ2n) is 8.54. The minimum absolute atomic E-state index is 0.0849. The number of likely N-dealkylation sites (tertiary alicyclic amines) is 1. The normalized spacial score (nSPS) is 16.8. The molecule has 1 fully saturated rings. The largest absolute Gasteiger partial charge is 0.426 e. The van der Waals surface area contributed by atoms with Crippen LogP contribution in [-0.2, 0) is 39.1 Å². The third kappa shape index (κ3) is 5.53. The van der Waals surface area contributed by atoms with E-state index in [-0.39, 0.29) is 17.3 Å². The number of piperidine rings is 1. The molecule has 0 atom stereocenters. The first-order chi connectivity index (χ1) is 16.4. The Kier molecular flexibility index (Phi) is 7.42. The number of amides is 2. The van der Waals surface area contributed by atoms with Crippen LogP contribution in [0.1, 0.15) is 49.4 Å². The van der Waals surface area contributed by atoms with Crippen molar-refractivity contribution in [1.29, 1.82) is 0 Å². The number of hydroxylamine groups is 2. The summed E-state index contributed by atoms with van der Waals surface area (Å²) in [7, 11) is -3.54. The first-order valence-electron chi connectivity index (χ1n) is 11.5. The highest BCUT2D eigenvalue weighted by Gasteiger charge is 2.32. The first kappa shape index (κ1) is 24.1. The summed E-state index contributed by atoms with van der Waals surface area (Å²) >= 11 is 0. The number of pyridine rings is 2. The Balaban J connectivity index is 1.26. The van der Waals surface area contributed by atoms with Gasteiger partial charge in [0.1, 0.15) is 0 Å². The van der Waals surface area contributed by atoms with E-state index in [1.807, 2.05) is 13.0 Å². The van der Waals surface area contributed by atoms with Crippen LogP contribution in [0.25, 0.3) is 0 Å². The van der Waals surface area contributed by atoms with E-state index in [4.69, 9.17) is 4.84 Å². The Bertz CT molecular complexity index is 1110. The van der Waals surface area contributed by atoms with Crippen LogP contribution in [0, 0.1) is 0 Å². The summed E-state index contributed by atoms with van der Waals surface area (Å²) in [6, 6.07) is 5.00. The van der Waals surface area contributed by atoms with Crippen LogP contribution in [0.3, 0.4) is 0 Å². The Labute approximate surface area is 199 Å². The summed E-state index contributed by atoms with van der Waals surface area (Å²) in [5.41, 5.74) is 2.61. The zero-order valence-corrected chi connectivity index (χ0v) is 20.0. The van der Waals surface area contributed by atoms with Gasteiger partial charge in [-0.3, -0.25) is 14.8 Å². The van der Waals surface area contributed by atoms with Crippen molar-refractivity contribution < 1.29 is 22.8 Å². The molecule has 0 aromatic carbocycles. The zero-order chi connectivity index (χ0) is 24.1. The van der Waals surface area contributed by atoms with Gasteiger partial charge >= 0.3 is 6.09 Å². The van der Waals surface area contributed by atoms with Gasteiger partial charge in [0.2, 0.25) is 5.91 Å². The Morgan fingerprint density at radius 2 is 1.88 bits per heavy atom. The third-order valence-electron chi connectivity index (χ3n) is 6.15. The molecule has 0 unspecified atom stereocenters. The highest BCUT2D eigenvalue weighted by molar-refractivity contribution is 7.92. The molecule has 0 saturated carbocycles. The van der Waals surface area contributed by atoms with Crippen LogP contribution in [-0.4, -0.2) is 58.7 Å². The Morgan fingerprint density at radius 1 is 1.12 bits per heavy atom. The monoisotopic (exact) mass is 487 g/mol. The number of rotatable bonds is 7. The standard InChI is InChI=1S/C23H29N5O5S/c1-2-3-22(29)27-10-7-20(8-11-27)34(31,32)21-5-4-19(25-14-21)13-26-23(30)33-28-15-17-6-9-24-12-18(17)16-28/h4-6,9,12,14,20H,2-3,7-8,10-11,13,15-16H2,1H3,(H,26,30). The predicted molar refractivity (Wildman–Crippen MR) is 123 cm³/mol. The van der Waals surface area contributed by atoms with Gasteiger partial charge in [-0.25, -0.2) is 13.2 Å². The van der Waals surface area contributed by atoms with Gasteiger partial charge in [-0.15, -0.1) is 5.06 Å². The number of carbonyl (C=O) groups is 2. The number of nitrogens with zero attached hydrogens (tertiary/aromatic N) is 4. The highest BCUT2D eigenvalue weighted by Crippen LogP contribution is 2.25. The lowest BCUT2D eigenvalue weighted by atomic mass is 10.1. The molecule has 1 N–H and O–H groups in total. The molecule has 4 heterocycles. The Morgan fingerprint density at radius 3 is 2.56 bits per heavy atom. The number of hydrogen-bond acceptors (Lipinski definition) is 8. The molecular formula is C23H29N5O5S. The van der Waals surface area contributed by atoms with Gasteiger partial charge < -0.3 is 15.1 Å². The molecule has 2 amide bonds. The minimum Gasteiger partial charge on any atom is -0.350 e. The minimum atomic E-state index is -3.54. The molecule has 10 nitrogen and oxygen atoms in total. The van der Waals surface area contributed by atoms with Crippen molar-refractivity contribution in [2.75, 3.05) is 13.1 Å². The maximum atomic E-state index is 13.0. The Hall–Kier alpha value is -3.05. The summed E-state index contributed by atoms with van der Waals surface area (Å²) in [4.78, 5) is 39.7. The summed E-state index contributed by atoms with van der Waals surface area (Å²) in [6.45, 7) is 3.96. The lowest BCUT2D eigenvalue weighted by molar-refractivity contribution is -0.132. The van der Waals surface area contributed by atoms with Gasteiger partial charge in [-0.2, -0.15) is 0 Å². The van der Waals surface area contributed by atoms with Gasteiger partial charge in [0, 0.05) is 38.1 Å². The molecule has 0 bridgehead atoms. The van der Waals surface area contributed by atoms with E-state index < -0.39 is 21.2 Å². The summed E-state index contributed by atoms with van der Waals surface area (Å²) in [5.74, 6) is 0.0849. The average molecular weight is 488 g/mol. The van der Waals surface area contributed by atoms with E-state index in [9.17, 15) is 18.0 Å². The van der Waals surface area contributed by atoms with Crippen molar-refractivity contribution in [3.05, 3.63) is 53.6 Å². The van der Waals surface area contributed by atoms with Gasteiger partial charge in [0.15, 0.2) is 9.84 Å². The van der Waals surface area contributed by atoms with Crippen molar-refractivity contribution in [3.8, 4) is 0 Å². The molecule has 2 aromatic heterocycles. The van der Waals surface area contributed by atoms with Crippen LogP contribution < -0.4 is 5.32 Å². The van der Waals surface area contributed by atoms with Gasteiger partial charge in [-0.05, 0) is 48.6 Å². The van der Waals surface area contributed by atoms with Crippen molar-refractivity contribution >= 4 is 21.8 Å². The third-order valence-corrected chi connectivity index (χ3v) is 8.40. The fourth-order valence-corrected chi connectivity index (χ4v) is 5.90. The van der Waals surface area contributed by atoms with Crippen LogP contribution in [0.2, 0.25) is 0 Å². The summed E-state index contributed by atoms with van der Waals surface area (Å²) in [6.07, 6.45) is 6.30. The lowest BCUT2D eigenvalue weighted by Crippen LogP contribution is -2.42. The second kappa shape index (κ2) is 10.5. The van der Waals surface area contributed by atoms with Crippen molar-refractivity contribution in [1.82, 2.24) is 25.2 Å². The highest BCUT2D eigenvalue weighted by atomic mass is 32.2. The van der Waals surface area contributed by atoms with Crippen molar-refractivity contribution in [2.24, 2.45) is 0 Å². The molecule has 11 heteroatoms. The maximum Gasteiger partial charge on any atom is 0.426 e. The molecular weight excluding hydrogens is 458 g/mol. The van der Waals surface area contributed by atoms with E-state index in [1.54, 1.807) is 28.4 Å². The van der Waals surface area contributed by atoms with Gasteiger partial charge in [-0.1, -0.05) is 6.92 Å². The second-order valence-corrected chi connectivity index (χ2v) is 10.8. The van der Waals surface area contributed by atoms with Gasteiger partial charge in [0.25, 0.3) is 0 Å². The number of sulfone groups is 1. The van der Waals surface area contributed by atoms with Crippen LogP contribution in [0.15, 0.2) is 41.7 Å². The number of carbonyl (C=O) groups excluding carboxylic acids is 2. The molecule has 1 saturated heterocycles. The maximum absolute atomic E-state index is 13.0. The molecule has 2 aliphatic rings. The van der Waals surface area contributed by atoms with Crippen LogP contribution in [0.5, 0.6) is 0 Å². The number of hydrogen-bond donors (Lipinski definition) is 1. The van der Waals surface area contributed by atoms with Crippen LogP contribution >= 0.6 is 0 Å². The zero-order valence-electron chi connectivity index (χ0n) is 19.1. The van der Waals surface area contributed by atoms with Crippen molar-refractivity contribution in [2.45, 2.75) is 62.4 Å². The molecule has 182 valence electrons. The molecule has 2 aliphatic heterocycles. The average Bonchev–Trinajstić information content (AvgIpc) is 3.25. The van der Waals surface area contributed by atoms with E-state index in [0.29, 0.717) is 51.1 Å². The van der Waals surface area contributed by atoms with E-state index in [0.717, 1.165) is 17.5 Å². The first-order valence-corrected chi connectivity index (χ1v) is 13.0. The molecule has 2 aromatic rings. The molecule has 0 radical (unpaired) electrons. The van der Waals surface area contributed by atoms with E-state index in [2.05, 4.69) is 15.3 Å². The molecule has 34 heavy (non-hydrogen) atoms. The van der Waals surface area contributed by atoms with Crippen LogP contribution in [0.4, 0.5) is 4.79 Å². The van der Waals surface area contributed by atoms with E-state index in [1.165, 1.54) is 12.3 Å². The molecule has 0 aliphatic carbocycles. The number of aromatic nitrogens is 2. The van der Waals surface area contributed by atoms with E-state index >= 15 is 0 Å². The van der Waals surface area contributed by atoms with Gasteiger partial charge in [0.05, 0.1) is 35.5 Å². The summed E-state index contributed by atoms with van der Waals surface area (Å²) < 4.78 is 26.0. The smallest absolute Gasteiger partial charge is 0.350 e. The fraction of sp³-hybridized carbons (Fsp3) is 0.478. The number of fused-ring (bicyclic) bond motifs is 1. The molecule has 0 spiro atoms. The summed E-state index contributed by atoms with van der Waals surface area (Å²) in [5, 5.41) is 3.65. The predicted octanol–water partition coefficient (Wildman–Crippen LogP) is 2.20. The molecule has 4 rings (SSSR count). The SMILES string of the molecule is CCCC(=O)N1CCC(S(=O)(=O)c2ccc(CNC(=O)ON3Cc4ccncc4C3)nc2)CC1. The lowest BCUT2D eigenvalue weighted by Gasteiger charge is -2.31. The number of nitrogens with one attached hydrogen (secondary N) is 1. The fourth-order valence-electron chi connectivity index (χ4n) is 4.23. The topological polar surface area (TPSA) is 122 Å². The van der Waals surface area contributed by atoms with Crippen molar-refractivity contribution in [3.63, 3.8) is 0 Å².